The first-order chi connectivity index (χ1) is 6.31. The highest BCUT2D eigenvalue weighted by atomic mass is 16.1. The molecule has 0 bridgehead atoms. The summed E-state index contributed by atoms with van der Waals surface area (Å²) in [5.41, 5.74) is 0. The van der Waals surface area contributed by atoms with Crippen LogP contribution >= 0.6 is 0 Å². The lowest BCUT2D eigenvalue weighted by Gasteiger charge is -1.95. The van der Waals surface area contributed by atoms with Crippen LogP contribution < -0.4 is 0 Å². The normalized spacial score (nSPS) is 11.5. The van der Waals surface area contributed by atoms with E-state index >= 15 is 0 Å². The van der Waals surface area contributed by atoms with E-state index in [2.05, 4.69) is 18.8 Å². The highest BCUT2D eigenvalue weighted by Crippen LogP contribution is 2.02. The molecule has 0 aromatic heterocycles. The van der Waals surface area contributed by atoms with Crippen LogP contribution in [0.5, 0.6) is 0 Å². The Kier molecular flexibility index (Phi) is 8.77. The number of aldehydes is 1. The lowest BCUT2D eigenvalue weighted by molar-refractivity contribution is -0.108. The zero-order valence-corrected chi connectivity index (χ0v) is 8.81. The first-order valence-electron chi connectivity index (χ1n) is 5.23. The Morgan fingerprint density at radius 3 is 2.69 bits per heavy atom. The van der Waals surface area contributed by atoms with E-state index in [1.165, 1.54) is 25.7 Å². The summed E-state index contributed by atoms with van der Waals surface area (Å²) in [6.07, 6.45) is 7.57. The molecule has 0 spiro atoms. The molecule has 1 unspecified atom stereocenters. The Morgan fingerprint density at radius 2 is 2.08 bits per heavy atom. The van der Waals surface area contributed by atoms with Crippen molar-refractivity contribution in [1.82, 2.24) is 0 Å². The van der Waals surface area contributed by atoms with E-state index < -0.39 is 0 Å². The number of carbonyl (C=O) groups is 1. The molecule has 0 aromatic rings. The van der Waals surface area contributed by atoms with E-state index in [4.69, 9.17) is 0 Å². The lowest BCUT2D eigenvalue weighted by atomic mass is 10.1. The fourth-order valence-corrected chi connectivity index (χ4v) is 1.09. The number of carbonyl (C=O) groups excluding carboxylic acids is 1. The maximum absolute atomic E-state index is 10.1. The van der Waals surface area contributed by atoms with Gasteiger partial charge in [0.1, 0.15) is 6.29 Å². The van der Waals surface area contributed by atoms with Crippen LogP contribution in [0, 0.1) is 17.8 Å². The van der Waals surface area contributed by atoms with Crippen molar-refractivity contribution in [3.63, 3.8) is 0 Å². The zero-order chi connectivity index (χ0) is 9.94. The molecule has 13 heavy (non-hydrogen) atoms. The molecule has 0 aromatic carbocycles. The number of rotatable bonds is 6. The van der Waals surface area contributed by atoms with Gasteiger partial charge in [-0.05, 0) is 6.42 Å². The molecule has 0 aliphatic rings. The van der Waals surface area contributed by atoms with Crippen LogP contribution in [-0.4, -0.2) is 6.29 Å². The predicted molar refractivity (Wildman–Crippen MR) is 56.4 cm³/mol. The average Bonchev–Trinajstić information content (AvgIpc) is 2.11. The van der Waals surface area contributed by atoms with Gasteiger partial charge in [0.2, 0.25) is 0 Å². The molecule has 0 heterocycles. The van der Waals surface area contributed by atoms with Gasteiger partial charge >= 0.3 is 0 Å². The van der Waals surface area contributed by atoms with Gasteiger partial charge in [-0.2, -0.15) is 0 Å². The zero-order valence-electron chi connectivity index (χ0n) is 8.81. The quantitative estimate of drug-likeness (QED) is 0.348. The summed E-state index contributed by atoms with van der Waals surface area (Å²) in [5, 5.41) is 0. The van der Waals surface area contributed by atoms with Crippen LogP contribution in [-0.2, 0) is 4.79 Å². The molecule has 0 radical (unpaired) electrons. The minimum absolute atomic E-state index is 0.240. The molecule has 0 aliphatic carbocycles. The molecule has 1 heteroatoms. The van der Waals surface area contributed by atoms with Crippen molar-refractivity contribution in [2.45, 2.75) is 52.4 Å². The fraction of sp³-hybridized carbons (Fsp3) is 0.750. The van der Waals surface area contributed by atoms with Gasteiger partial charge < -0.3 is 4.79 Å². The van der Waals surface area contributed by atoms with Crippen LogP contribution in [0.1, 0.15) is 52.4 Å². The Bertz CT molecular complexity index is 173. The molecule has 0 N–H and O–H groups in total. The summed E-state index contributed by atoms with van der Waals surface area (Å²) in [6, 6.07) is 0. The first-order valence-corrected chi connectivity index (χ1v) is 5.23. The summed E-state index contributed by atoms with van der Waals surface area (Å²) in [4.78, 5) is 10.1. The number of hydrogen-bond donors (Lipinski definition) is 0. The molecular formula is C12H20O. The smallest absolute Gasteiger partial charge is 0.121 e. The standard InChI is InChI=1S/C12H20O/c1-3-4-5-6-7-8-9-12(2)10-11-13/h11-12H,3-7,10H2,1-2H3. The van der Waals surface area contributed by atoms with Crippen molar-refractivity contribution in [2.24, 2.45) is 5.92 Å². The molecule has 1 atom stereocenters. The van der Waals surface area contributed by atoms with Gasteiger partial charge in [-0.1, -0.05) is 39.0 Å². The van der Waals surface area contributed by atoms with Gasteiger partial charge in [0.15, 0.2) is 0 Å². The Labute approximate surface area is 81.9 Å². The monoisotopic (exact) mass is 180 g/mol. The highest BCUT2D eigenvalue weighted by Gasteiger charge is 1.92. The van der Waals surface area contributed by atoms with Crippen molar-refractivity contribution in [1.29, 1.82) is 0 Å². The van der Waals surface area contributed by atoms with Gasteiger partial charge in [-0.15, -0.1) is 5.92 Å². The minimum Gasteiger partial charge on any atom is -0.303 e. The van der Waals surface area contributed by atoms with E-state index in [0.29, 0.717) is 6.42 Å². The molecule has 0 saturated heterocycles. The largest absolute Gasteiger partial charge is 0.303 e. The maximum atomic E-state index is 10.1. The average molecular weight is 180 g/mol. The molecule has 0 fully saturated rings. The number of hydrogen-bond acceptors (Lipinski definition) is 1. The van der Waals surface area contributed by atoms with Crippen LogP contribution in [0.25, 0.3) is 0 Å². The second-order valence-corrected chi connectivity index (χ2v) is 3.44. The lowest BCUT2D eigenvalue weighted by Crippen LogP contribution is -1.89. The minimum atomic E-state index is 0.240. The van der Waals surface area contributed by atoms with E-state index in [1.807, 2.05) is 6.92 Å². The van der Waals surface area contributed by atoms with Crippen molar-refractivity contribution in [2.75, 3.05) is 0 Å². The summed E-state index contributed by atoms with van der Waals surface area (Å²) < 4.78 is 0. The fourth-order valence-electron chi connectivity index (χ4n) is 1.09. The van der Waals surface area contributed by atoms with Crippen molar-refractivity contribution >= 4 is 6.29 Å². The SMILES string of the molecule is CCCCCCC#CC(C)CC=O. The van der Waals surface area contributed by atoms with Gasteiger partial charge in [0.25, 0.3) is 0 Å². The Hall–Kier alpha value is -0.770. The molecule has 0 aliphatic heterocycles. The number of unbranched alkanes of at least 4 members (excludes halogenated alkanes) is 4. The molecular weight excluding hydrogens is 160 g/mol. The van der Waals surface area contributed by atoms with Crippen LogP contribution in [0.2, 0.25) is 0 Å². The van der Waals surface area contributed by atoms with Gasteiger partial charge in [0, 0.05) is 18.8 Å². The summed E-state index contributed by atoms with van der Waals surface area (Å²) in [6.45, 7) is 4.20. The van der Waals surface area contributed by atoms with Gasteiger partial charge in [-0.25, -0.2) is 0 Å². The van der Waals surface area contributed by atoms with Crippen LogP contribution in [0.15, 0.2) is 0 Å². The summed E-state index contributed by atoms with van der Waals surface area (Å²) in [7, 11) is 0. The second kappa shape index (κ2) is 9.32. The molecule has 0 saturated carbocycles. The van der Waals surface area contributed by atoms with E-state index in [0.717, 1.165) is 12.7 Å². The topological polar surface area (TPSA) is 17.1 Å². The summed E-state index contributed by atoms with van der Waals surface area (Å²) in [5.74, 6) is 6.44. The third-order valence-corrected chi connectivity index (χ3v) is 1.95. The van der Waals surface area contributed by atoms with Crippen molar-refractivity contribution in [3.8, 4) is 11.8 Å². The van der Waals surface area contributed by atoms with Gasteiger partial charge in [0.05, 0.1) is 0 Å². The summed E-state index contributed by atoms with van der Waals surface area (Å²) >= 11 is 0. The second-order valence-electron chi connectivity index (χ2n) is 3.44. The Balaban J connectivity index is 3.32. The predicted octanol–water partition coefficient (Wildman–Crippen LogP) is 3.19. The van der Waals surface area contributed by atoms with Crippen molar-refractivity contribution in [3.05, 3.63) is 0 Å². The maximum Gasteiger partial charge on any atom is 0.121 e. The highest BCUT2D eigenvalue weighted by molar-refractivity contribution is 5.50. The third kappa shape index (κ3) is 9.14. The van der Waals surface area contributed by atoms with E-state index in [9.17, 15) is 4.79 Å². The first kappa shape index (κ1) is 12.2. The molecule has 0 rings (SSSR count). The van der Waals surface area contributed by atoms with Crippen molar-refractivity contribution < 1.29 is 4.79 Å². The van der Waals surface area contributed by atoms with Gasteiger partial charge in [-0.3, -0.25) is 0 Å². The molecule has 74 valence electrons. The van der Waals surface area contributed by atoms with E-state index in [1.54, 1.807) is 0 Å². The van der Waals surface area contributed by atoms with Crippen LogP contribution in [0.4, 0.5) is 0 Å². The molecule has 0 amide bonds. The van der Waals surface area contributed by atoms with Crippen LogP contribution in [0.3, 0.4) is 0 Å². The Morgan fingerprint density at radius 1 is 1.31 bits per heavy atom. The van der Waals surface area contributed by atoms with E-state index in [-0.39, 0.29) is 5.92 Å². The third-order valence-electron chi connectivity index (χ3n) is 1.95. The molecule has 1 nitrogen and oxygen atoms in total.